The lowest BCUT2D eigenvalue weighted by molar-refractivity contribution is -0.126. The van der Waals surface area contributed by atoms with E-state index in [9.17, 15) is 18.8 Å². The van der Waals surface area contributed by atoms with Crippen molar-refractivity contribution in [3.63, 3.8) is 0 Å². The number of carbonyl (C=O) groups is 3. The molecule has 0 saturated carbocycles. The van der Waals surface area contributed by atoms with Crippen LogP contribution in [0.4, 0.5) is 15.8 Å². The van der Waals surface area contributed by atoms with Gasteiger partial charge in [-0.15, -0.1) is 0 Å². The summed E-state index contributed by atoms with van der Waals surface area (Å²) in [4.78, 5) is 42.6. The Morgan fingerprint density at radius 2 is 1.89 bits per heavy atom. The Bertz CT molecular complexity index is 1150. The number of amides is 3. The summed E-state index contributed by atoms with van der Waals surface area (Å²) in [5, 5.41) is 5.52. The predicted molar refractivity (Wildman–Crippen MR) is 127 cm³/mol. The summed E-state index contributed by atoms with van der Waals surface area (Å²) < 4.78 is 20.4. The molecule has 1 atom stereocenters. The van der Waals surface area contributed by atoms with Gasteiger partial charge < -0.3 is 24.8 Å². The number of halogens is 1. The molecule has 2 N–H and O–H groups in total. The molecule has 4 rings (SSSR count). The van der Waals surface area contributed by atoms with Crippen molar-refractivity contribution in [1.29, 1.82) is 0 Å². The molecule has 9 nitrogen and oxygen atoms in total. The van der Waals surface area contributed by atoms with Crippen LogP contribution in [0.15, 0.2) is 67.3 Å². The molecule has 1 aliphatic rings. The summed E-state index contributed by atoms with van der Waals surface area (Å²) in [5.74, 6) is -0.947. The highest BCUT2D eigenvalue weighted by Gasteiger charge is 2.34. The summed E-state index contributed by atoms with van der Waals surface area (Å²) in [6, 6.07) is 12.2. The van der Waals surface area contributed by atoms with Gasteiger partial charge >= 0.3 is 0 Å². The molecule has 10 heteroatoms. The van der Waals surface area contributed by atoms with Gasteiger partial charge in [0.15, 0.2) is 6.61 Å². The molecule has 35 heavy (non-hydrogen) atoms. The number of rotatable bonds is 10. The quantitative estimate of drug-likeness (QED) is 0.435. The highest BCUT2D eigenvalue weighted by atomic mass is 19.1. The van der Waals surface area contributed by atoms with Crippen molar-refractivity contribution in [3.05, 3.63) is 73.1 Å². The first-order chi connectivity index (χ1) is 17.0. The summed E-state index contributed by atoms with van der Waals surface area (Å²) in [6.45, 7) is 1.38. The molecule has 182 valence electrons. The van der Waals surface area contributed by atoms with Gasteiger partial charge in [-0.05, 0) is 55.0 Å². The Kier molecular flexibility index (Phi) is 7.71. The zero-order valence-corrected chi connectivity index (χ0v) is 19.0. The van der Waals surface area contributed by atoms with Gasteiger partial charge in [-0.1, -0.05) is 0 Å². The number of nitrogens with one attached hydrogen (secondary N) is 2. The van der Waals surface area contributed by atoms with Crippen LogP contribution in [0.25, 0.3) is 0 Å². The predicted octanol–water partition coefficient (Wildman–Crippen LogP) is 2.60. The maximum Gasteiger partial charge on any atom is 0.262 e. The average molecular weight is 480 g/mol. The molecular weight excluding hydrogens is 453 g/mol. The van der Waals surface area contributed by atoms with Crippen LogP contribution in [-0.2, 0) is 20.9 Å². The Hall–Kier alpha value is -4.21. The van der Waals surface area contributed by atoms with Crippen LogP contribution < -0.4 is 20.3 Å². The number of aryl methyl sites for hydroxylation is 1. The second kappa shape index (κ2) is 11.3. The van der Waals surface area contributed by atoms with Crippen LogP contribution >= 0.6 is 0 Å². The maximum atomic E-state index is 12.9. The van der Waals surface area contributed by atoms with Gasteiger partial charge in [0.05, 0.1) is 12.2 Å². The fraction of sp³-hybridized carbons (Fsp3) is 0.280. The standard InChI is InChI=1S/C25H26FN5O4/c26-19-2-4-20(5-3-19)29-23(32)16-35-22-8-6-21(7-9-22)31-15-18(14-24(31)33)25(34)28-10-1-12-30-13-11-27-17-30/h2-9,11,13,17-18H,1,10,12,14-16H2,(H,28,34)(H,29,32)/t18-/m0/s1. The van der Waals surface area contributed by atoms with Crippen molar-refractivity contribution in [1.82, 2.24) is 14.9 Å². The second-order valence-corrected chi connectivity index (χ2v) is 8.19. The molecular formula is C25H26FN5O4. The molecule has 1 saturated heterocycles. The molecule has 2 heterocycles. The Balaban J connectivity index is 1.21. The highest BCUT2D eigenvalue weighted by molar-refractivity contribution is 6.00. The molecule has 0 spiro atoms. The third kappa shape index (κ3) is 6.66. The SMILES string of the molecule is O=C(COc1ccc(N2C[C@@H](C(=O)NCCCn3ccnc3)CC2=O)cc1)Nc1ccc(F)cc1. The van der Waals surface area contributed by atoms with E-state index >= 15 is 0 Å². The molecule has 0 unspecified atom stereocenters. The van der Waals surface area contributed by atoms with Gasteiger partial charge in [-0.2, -0.15) is 0 Å². The van der Waals surface area contributed by atoms with Gasteiger partial charge in [-0.25, -0.2) is 9.37 Å². The number of benzene rings is 2. The number of anilines is 2. The number of hydrogen-bond acceptors (Lipinski definition) is 5. The molecule has 0 bridgehead atoms. The fourth-order valence-corrected chi connectivity index (χ4v) is 3.77. The fourth-order valence-electron chi connectivity index (χ4n) is 3.77. The van der Waals surface area contributed by atoms with Gasteiger partial charge in [0.1, 0.15) is 11.6 Å². The molecule has 1 aliphatic heterocycles. The van der Waals surface area contributed by atoms with Crippen molar-refractivity contribution in [2.75, 3.05) is 29.9 Å². The van der Waals surface area contributed by atoms with Crippen molar-refractivity contribution in [2.45, 2.75) is 19.4 Å². The maximum absolute atomic E-state index is 12.9. The number of ether oxygens (including phenoxy) is 1. The highest BCUT2D eigenvalue weighted by Crippen LogP contribution is 2.27. The minimum absolute atomic E-state index is 0.115. The van der Waals surface area contributed by atoms with E-state index in [2.05, 4.69) is 15.6 Å². The zero-order valence-electron chi connectivity index (χ0n) is 19.0. The second-order valence-electron chi connectivity index (χ2n) is 8.19. The first kappa shape index (κ1) is 23.9. The van der Waals surface area contributed by atoms with E-state index in [-0.39, 0.29) is 36.6 Å². The third-order valence-corrected chi connectivity index (χ3v) is 5.59. The van der Waals surface area contributed by atoms with Crippen molar-refractivity contribution in [2.24, 2.45) is 5.92 Å². The molecule has 0 aliphatic carbocycles. The van der Waals surface area contributed by atoms with E-state index in [1.165, 1.54) is 24.3 Å². The minimum atomic E-state index is -0.401. The zero-order chi connectivity index (χ0) is 24.6. The van der Waals surface area contributed by atoms with E-state index in [0.29, 0.717) is 30.2 Å². The number of hydrogen-bond donors (Lipinski definition) is 2. The van der Waals surface area contributed by atoms with E-state index in [4.69, 9.17) is 4.74 Å². The van der Waals surface area contributed by atoms with E-state index in [1.807, 2.05) is 10.8 Å². The topological polar surface area (TPSA) is 106 Å². The first-order valence-electron chi connectivity index (χ1n) is 11.3. The number of imidazole rings is 1. The van der Waals surface area contributed by atoms with Gasteiger partial charge in [0, 0.05) is 49.8 Å². The van der Waals surface area contributed by atoms with E-state index in [0.717, 1.165) is 13.0 Å². The Morgan fingerprint density at radius 1 is 1.11 bits per heavy atom. The van der Waals surface area contributed by atoms with Crippen LogP contribution in [0, 0.1) is 11.7 Å². The third-order valence-electron chi connectivity index (χ3n) is 5.59. The summed E-state index contributed by atoms with van der Waals surface area (Å²) >= 11 is 0. The Labute approximate surface area is 201 Å². The average Bonchev–Trinajstić information content (AvgIpc) is 3.52. The number of carbonyl (C=O) groups excluding carboxylic acids is 3. The van der Waals surface area contributed by atoms with Crippen LogP contribution in [0.1, 0.15) is 12.8 Å². The van der Waals surface area contributed by atoms with Crippen molar-refractivity contribution >= 4 is 29.1 Å². The molecule has 3 amide bonds. The molecule has 2 aromatic carbocycles. The van der Waals surface area contributed by atoms with Crippen molar-refractivity contribution in [3.8, 4) is 5.75 Å². The van der Waals surface area contributed by atoms with Gasteiger partial charge in [0.25, 0.3) is 5.91 Å². The lowest BCUT2D eigenvalue weighted by Gasteiger charge is -2.17. The smallest absolute Gasteiger partial charge is 0.262 e. The lowest BCUT2D eigenvalue weighted by Crippen LogP contribution is -2.33. The van der Waals surface area contributed by atoms with Crippen LogP contribution in [0.5, 0.6) is 5.75 Å². The summed E-state index contributed by atoms with van der Waals surface area (Å²) in [6.07, 6.45) is 6.25. The summed E-state index contributed by atoms with van der Waals surface area (Å²) in [7, 11) is 0. The summed E-state index contributed by atoms with van der Waals surface area (Å²) in [5.41, 5.74) is 1.13. The first-order valence-corrected chi connectivity index (χ1v) is 11.3. The van der Waals surface area contributed by atoms with Gasteiger partial charge in [-0.3, -0.25) is 14.4 Å². The van der Waals surface area contributed by atoms with Crippen LogP contribution in [0.2, 0.25) is 0 Å². The normalized spacial score (nSPS) is 15.2. The minimum Gasteiger partial charge on any atom is -0.484 e. The lowest BCUT2D eigenvalue weighted by atomic mass is 10.1. The van der Waals surface area contributed by atoms with E-state index in [1.54, 1.807) is 41.7 Å². The van der Waals surface area contributed by atoms with E-state index < -0.39 is 5.92 Å². The number of nitrogens with zero attached hydrogens (tertiary/aromatic N) is 3. The Morgan fingerprint density at radius 3 is 2.60 bits per heavy atom. The largest absolute Gasteiger partial charge is 0.484 e. The number of aromatic nitrogens is 2. The van der Waals surface area contributed by atoms with Crippen LogP contribution in [-0.4, -0.2) is 47.0 Å². The van der Waals surface area contributed by atoms with Gasteiger partial charge in [0.2, 0.25) is 11.8 Å². The van der Waals surface area contributed by atoms with Crippen LogP contribution in [0.3, 0.4) is 0 Å². The molecule has 3 aromatic rings. The monoisotopic (exact) mass is 479 g/mol. The molecule has 1 aromatic heterocycles. The molecule has 0 radical (unpaired) electrons. The molecule has 1 fully saturated rings. The van der Waals surface area contributed by atoms with Crippen molar-refractivity contribution < 1.29 is 23.5 Å².